The molecule has 0 unspecified atom stereocenters. The van der Waals surface area contributed by atoms with Crippen LogP contribution in [0.3, 0.4) is 0 Å². The van der Waals surface area contributed by atoms with Crippen LogP contribution in [0.1, 0.15) is 33.3 Å². The molecule has 0 atom stereocenters. The lowest BCUT2D eigenvalue weighted by molar-refractivity contribution is 0.0525. The molecule has 4 aromatic rings. The summed E-state index contributed by atoms with van der Waals surface area (Å²) in [6.45, 7) is 3.75. The van der Waals surface area contributed by atoms with Crippen molar-refractivity contribution < 1.29 is 14.3 Å². The number of anilines is 1. The molecule has 4 heterocycles. The fraction of sp³-hybridized carbons (Fsp3) is 0.150. The van der Waals surface area contributed by atoms with E-state index in [1.54, 1.807) is 30.6 Å². The number of rotatable bonds is 5. The molecule has 0 saturated carbocycles. The number of hydrogen-bond donors (Lipinski definition) is 1. The van der Waals surface area contributed by atoms with Crippen molar-refractivity contribution in [1.82, 2.24) is 19.6 Å². The van der Waals surface area contributed by atoms with Crippen LogP contribution >= 0.6 is 11.3 Å². The van der Waals surface area contributed by atoms with Crippen LogP contribution in [-0.2, 0) is 4.74 Å². The molecule has 0 radical (unpaired) electrons. The zero-order chi connectivity index (χ0) is 20.4. The summed E-state index contributed by atoms with van der Waals surface area (Å²) >= 11 is 1.43. The number of hydrogen-bond acceptors (Lipinski definition) is 7. The Balaban J connectivity index is 1.62. The number of ether oxygens (including phenoxy) is 1. The van der Waals surface area contributed by atoms with Gasteiger partial charge in [-0.15, -0.1) is 11.3 Å². The largest absolute Gasteiger partial charge is 0.462 e. The van der Waals surface area contributed by atoms with Crippen molar-refractivity contribution in [2.45, 2.75) is 13.8 Å². The third-order valence-corrected chi connectivity index (χ3v) is 5.34. The quantitative estimate of drug-likeness (QED) is 0.508. The molecule has 4 rings (SSSR count). The average Bonchev–Trinajstić information content (AvgIpc) is 3.31. The first-order valence-corrected chi connectivity index (χ1v) is 9.72. The standard InChI is InChI=1S/C20H17N5O3S/c1-3-28-20(27)13-8-16(12(2)22-9-13)24-18(26)14-10-23-25-11-17(29-19(14)25)15-6-4-5-7-21-15/h4-11H,3H2,1-2H3,(H,24,26). The summed E-state index contributed by atoms with van der Waals surface area (Å²) in [5.74, 6) is -0.818. The van der Waals surface area contributed by atoms with E-state index in [4.69, 9.17) is 4.74 Å². The fourth-order valence-electron chi connectivity index (χ4n) is 2.74. The second kappa shape index (κ2) is 7.80. The Hall–Kier alpha value is -3.59. The summed E-state index contributed by atoms with van der Waals surface area (Å²) < 4.78 is 6.65. The van der Waals surface area contributed by atoms with E-state index in [0.717, 1.165) is 10.6 Å². The minimum atomic E-state index is -0.485. The van der Waals surface area contributed by atoms with Crippen molar-refractivity contribution in [3.05, 3.63) is 65.9 Å². The molecule has 0 spiro atoms. The van der Waals surface area contributed by atoms with E-state index < -0.39 is 5.97 Å². The number of aromatic nitrogens is 4. The molecule has 0 aliphatic rings. The van der Waals surface area contributed by atoms with Crippen molar-refractivity contribution in [3.63, 3.8) is 0 Å². The molecule has 1 amide bonds. The van der Waals surface area contributed by atoms with Gasteiger partial charge in [0.1, 0.15) is 4.83 Å². The van der Waals surface area contributed by atoms with Gasteiger partial charge in [-0.05, 0) is 32.0 Å². The van der Waals surface area contributed by atoms with Gasteiger partial charge in [-0.25, -0.2) is 9.31 Å². The SMILES string of the molecule is CCOC(=O)c1cnc(C)c(NC(=O)c2cnn3cc(-c4ccccn4)sc23)c1. The third-order valence-electron chi connectivity index (χ3n) is 4.20. The van der Waals surface area contributed by atoms with Gasteiger partial charge in [0, 0.05) is 18.6 Å². The Labute approximate surface area is 170 Å². The Morgan fingerprint density at radius 2 is 2.10 bits per heavy atom. The lowest BCUT2D eigenvalue weighted by Gasteiger charge is -2.09. The maximum atomic E-state index is 12.9. The molecule has 0 saturated heterocycles. The lowest BCUT2D eigenvalue weighted by atomic mass is 10.2. The van der Waals surface area contributed by atoms with Crippen LogP contribution in [0.2, 0.25) is 0 Å². The average molecular weight is 407 g/mol. The number of pyridine rings is 2. The zero-order valence-corrected chi connectivity index (χ0v) is 16.6. The van der Waals surface area contributed by atoms with Gasteiger partial charge in [0.25, 0.3) is 5.91 Å². The molecule has 29 heavy (non-hydrogen) atoms. The number of carbonyl (C=O) groups excluding carboxylic acids is 2. The number of thiazole rings is 1. The third kappa shape index (κ3) is 3.72. The topological polar surface area (TPSA) is 98.5 Å². The summed E-state index contributed by atoms with van der Waals surface area (Å²) in [5.41, 5.74) is 2.56. The summed E-state index contributed by atoms with van der Waals surface area (Å²) in [6, 6.07) is 7.22. The van der Waals surface area contributed by atoms with Crippen molar-refractivity contribution in [3.8, 4) is 10.6 Å². The zero-order valence-electron chi connectivity index (χ0n) is 15.7. The van der Waals surface area contributed by atoms with E-state index in [1.165, 1.54) is 23.7 Å². The maximum Gasteiger partial charge on any atom is 0.339 e. The Morgan fingerprint density at radius 1 is 1.24 bits per heavy atom. The number of nitrogens with zero attached hydrogens (tertiary/aromatic N) is 4. The van der Waals surface area contributed by atoms with Crippen molar-refractivity contribution in [2.75, 3.05) is 11.9 Å². The van der Waals surface area contributed by atoms with E-state index in [-0.39, 0.29) is 18.1 Å². The number of carbonyl (C=O) groups is 2. The highest BCUT2D eigenvalue weighted by Crippen LogP contribution is 2.29. The molecule has 0 aromatic carbocycles. The van der Waals surface area contributed by atoms with E-state index in [9.17, 15) is 9.59 Å². The lowest BCUT2D eigenvalue weighted by Crippen LogP contribution is -2.14. The van der Waals surface area contributed by atoms with Crippen LogP contribution in [0.4, 0.5) is 5.69 Å². The predicted octanol–water partition coefficient (Wildman–Crippen LogP) is 3.59. The van der Waals surface area contributed by atoms with Crippen LogP contribution in [0.5, 0.6) is 0 Å². The highest BCUT2D eigenvalue weighted by atomic mass is 32.1. The van der Waals surface area contributed by atoms with E-state index in [2.05, 4.69) is 20.4 Å². The van der Waals surface area contributed by atoms with Crippen LogP contribution in [0.15, 0.2) is 49.1 Å². The highest BCUT2D eigenvalue weighted by molar-refractivity contribution is 7.21. The van der Waals surface area contributed by atoms with Gasteiger partial charge in [0.05, 0.1) is 45.9 Å². The summed E-state index contributed by atoms with van der Waals surface area (Å²) in [6.07, 6.45) is 6.51. The molecule has 9 heteroatoms. The van der Waals surface area contributed by atoms with Crippen LogP contribution < -0.4 is 5.32 Å². The Bertz CT molecular complexity index is 1200. The van der Waals surface area contributed by atoms with Crippen molar-refractivity contribution in [1.29, 1.82) is 0 Å². The fourth-order valence-corrected chi connectivity index (χ4v) is 3.78. The Kier molecular flexibility index (Phi) is 5.05. The van der Waals surface area contributed by atoms with Crippen molar-refractivity contribution in [2.24, 2.45) is 0 Å². The van der Waals surface area contributed by atoms with Gasteiger partial charge in [0.2, 0.25) is 0 Å². The second-order valence-electron chi connectivity index (χ2n) is 6.15. The number of esters is 1. The molecular formula is C20H17N5O3S. The normalized spacial score (nSPS) is 10.8. The van der Waals surface area contributed by atoms with Gasteiger partial charge >= 0.3 is 5.97 Å². The smallest absolute Gasteiger partial charge is 0.339 e. The minimum absolute atomic E-state index is 0.264. The molecule has 0 aliphatic carbocycles. The Morgan fingerprint density at radius 3 is 2.86 bits per heavy atom. The highest BCUT2D eigenvalue weighted by Gasteiger charge is 2.18. The molecule has 0 bridgehead atoms. The van der Waals surface area contributed by atoms with Gasteiger partial charge in [0.15, 0.2) is 0 Å². The molecular weight excluding hydrogens is 390 g/mol. The first kappa shape index (κ1) is 18.8. The summed E-state index contributed by atoms with van der Waals surface area (Å²) in [4.78, 5) is 34.9. The number of nitrogens with one attached hydrogen (secondary N) is 1. The van der Waals surface area contributed by atoms with E-state index in [0.29, 0.717) is 21.8 Å². The minimum Gasteiger partial charge on any atom is -0.462 e. The van der Waals surface area contributed by atoms with Gasteiger partial charge in [-0.3, -0.25) is 14.8 Å². The van der Waals surface area contributed by atoms with Crippen molar-refractivity contribution >= 4 is 33.7 Å². The van der Waals surface area contributed by atoms with E-state index in [1.807, 2.05) is 24.4 Å². The first-order valence-electron chi connectivity index (χ1n) is 8.90. The van der Waals surface area contributed by atoms with Gasteiger partial charge < -0.3 is 10.1 Å². The predicted molar refractivity (Wildman–Crippen MR) is 109 cm³/mol. The number of aryl methyl sites for hydroxylation is 1. The molecule has 0 fully saturated rings. The molecule has 8 nitrogen and oxygen atoms in total. The molecule has 4 aromatic heterocycles. The van der Waals surface area contributed by atoms with Crippen LogP contribution in [-0.4, -0.2) is 38.1 Å². The number of amides is 1. The summed E-state index contributed by atoms with van der Waals surface area (Å²) in [7, 11) is 0. The van der Waals surface area contributed by atoms with Crippen LogP contribution in [0.25, 0.3) is 15.4 Å². The number of fused-ring (bicyclic) bond motifs is 1. The monoisotopic (exact) mass is 407 g/mol. The van der Waals surface area contributed by atoms with E-state index >= 15 is 0 Å². The van der Waals surface area contributed by atoms with Crippen LogP contribution in [0, 0.1) is 6.92 Å². The molecule has 1 N–H and O–H groups in total. The second-order valence-corrected chi connectivity index (χ2v) is 7.18. The molecule has 0 aliphatic heterocycles. The summed E-state index contributed by atoms with van der Waals surface area (Å²) in [5, 5.41) is 7.09. The molecule has 146 valence electrons. The first-order chi connectivity index (χ1) is 14.1. The van der Waals surface area contributed by atoms with Gasteiger partial charge in [-0.1, -0.05) is 6.07 Å². The van der Waals surface area contributed by atoms with Gasteiger partial charge in [-0.2, -0.15) is 5.10 Å². The maximum absolute atomic E-state index is 12.9.